The molecule has 6 nitrogen and oxygen atoms in total. The van der Waals surface area contributed by atoms with Crippen LogP contribution in [0.25, 0.3) is 0 Å². The third-order valence-corrected chi connectivity index (χ3v) is 3.55. The van der Waals surface area contributed by atoms with Gasteiger partial charge in [0.25, 0.3) is 5.91 Å². The van der Waals surface area contributed by atoms with Gasteiger partial charge in [-0.2, -0.15) is 4.98 Å². The van der Waals surface area contributed by atoms with Crippen LogP contribution in [0, 0.1) is 0 Å². The first-order chi connectivity index (χ1) is 10.2. The van der Waals surface area contributed by atoms with Crippen molar-refractivity contribution in [1.82, 2.24) is 9.97 Å². The minimum atomic E-state index is -0.0951. The maximum atomic E-state index is 12.6. The van der Waals surface area contributed by atoms with Crippen LogP contribution in [0.15, 0.2) is 30.5 Å². The molecular formula is C15H16N4O2. The van der Waals surface area contributed by atoms with Gasteiger partial charge < -0.3 is 14.5 Å². The molecule has 0 aromatic carbocycles. The molecule has 1 amide bonds. The highest BCUT2D eigenvalue weighted by atomic mass is 16.5. The van der Waals surface area contributed by atoms with Gasteiger partial charge in [0, 0.05) is 25.9 Å². The molecule has 0 saturated heterocycles. The maximum absolute atomic E-state index is 12.6. The zero-order chi connectivity index (χ0) is 15.0. The number of ether oxygens (including phenoxy) is 1. The number of hydrogen-bond donors (Lipinski definition) is 0. The van der Waals surface area contributed by atoms with Gasteiger partial charge in [0.1, 0.15) is 5.82 Å². The summed E-state index contributed by atoms with van der Waals surface area (Å²) in [6.07, 6.45) is 1.68. The van der Waals surface area contributed by atoms with Gasteiger partial charge >= 0.3 is 0 Å². The molecule has 0 aliphatic carbocycles. The van der Waals surface area contributed by atoms with Gasteiger partial charge in [0.2, 0.25) is 5.88 Å². The van der Waals surface area contributed by atoms with Crippen molar-refractivity contribution in [3.63, 3.8) is 0 Å². The van der Waals surface area contributed by atoms with E-state index in [0.29, 0.717) is 29.6 Å². The SMILES string of the molecule is CCN1c2ncccc2C(=O)N(C)c2ccc(OC)nc21. The second kappa shape index (κ2) is 5.05. The van der Waals surface area contributed by atoms with E-state index in [1.807, 2.05) is 17.9 Å². The monoisotopic (exact) mass is 284 g/mol. The summed E-state index contributed by atoms with van der Waals surface area (Å²) in [5.74, 6) is 1.70. The van der Waals surface area contributed by atoms with Crippen LogP contribution in [-0.4, -0.2) is 36.6 Å². The Labute approximate surface area is 123 Å². The fourth-order valence-corrected chi connectivity index (χ4v) is 2.47. The molecule has 0 radical (unpaired) electrons. The van der Waals surface area contributed by atoms with Gasteiger partial charge in [-0.05, 0) is 25.1 Å². The van der Waals surface area contributed by atoms with Crippen LogP contribution in [-0.2, 0) is 0 Å². The first-order valence-corrected chi connectivity index (χ1v) is 6.73. The molecule has 0 saturated carbocycles. The quantitative estimate of drug-likeness (QED) is 0.846. The van der Waals surface area contributed by atoms with Crippen LogP contribution in [0.2, 0.25) is 0 Å². The summed E-state index contributed by atoms with van der Waals surface area (Å²) in [4.78, 5) is 25.0. The number of methoxy groups -OCH3 is 1. The number of amides is 1. The molecule has 0 bridgehead atoms. The first kappa shape index (κ1) is 13.4. The van der Waals surface area contributed by atoms with E-state index < -0.39 is 0 Å². The van der Waals surface area contributed by atoms with Gasteiger partial charge in [-0.25, -0.2) is 4.98 Å². The molecule has 2 aromatic heterocycles. The molecule has 21 heavy (non-hydrogen) atoms. The summed E-state index contributed by atoms with van der Waals surface area (Å²) in [5.41, 5.74) is 1.31. The van der Waals surface area contributed by atoms with Gasteiger partial charge in [-0.15, -0.1) is 0 Å². The molecule has 0 fully saturated rings. The van der Waals surface area contributed by atoms with Crippen molar-refractivity contribution in [3.05, 3.63) is 36.0 Å². The van der Waals surface area contributed by atoms with E-state index in [1.165, 1.54) is 0 Å². The summed E-state index contributed by atoms with van der Waals surface area (Å²) in [7, 11) is 3.31. The number of nitrogens with zero attached hydrogens (tertiary/aromatic N) is 4. The van der Waals surface area contributed by atoms with Gasteiger partial charge in [0.15, 0.2) is 5.82 Å². The summed E-state index contributed by atoms with van der Waals surface area (Å²) in [6.45, 7) is 2.65. The number of anilines is 3. The molecule has 3 heterocycles. The number of rotatable bonds is 2. The Bertz CT molecular complexity index is 702. The lowest BCUT2D eigenvalue weighted by Gasteiger charge is -2.23. The molecule has 6 heteroatoms. The van der Waals surface area contributed by atoms with E-state index in [-0.39, 0.29) is 5.91 Å². The second-order valence-corrected chi connectivity index (χ2v) is 4.68. The predicted molar refractivity (Wildman–Crippen MR) is 80.4 cm³/mol. The molecule has 108 valence electrons. The highest BCUT2D eigenvalue weighted by Crippen LogP contribution is 2.38. The van der Waals surface area contributed by atoms with E-state index in [0.717, 1.165) is 5.69 Å². The van der Waals surface area contributed by atoms with Crippen LogP contribution in [0.5, 0.6) is 5.88 Å². The zero-order valence-corrected chi connectivity index (χ0v) is 12.2. The summed E-state index contributed by atoms with van der Waals surface area (Å²) in [5, 5.41) is 0. The lowest BCUT2D eigenvalue weighted by molar-refractivity contribution is 0.0994. The summed E-state index contributed by atoms with van der Waals surface area (Å²) < 4.78 is 5.20. The van der Waals surface area contributed by atoms with Crippen LogP contribution in [0.4, 0.5) is 17.3 Å². The molecule has 0 N–H and O–H groups in total. The maximum Gasteiger partial charge on any atom is 0.261 e. The molecule has 0 atom stereocenters. The first-order valence-electron chi connectivity index (χ1n) is 6.73. The lowest BCUT2D eigenvalue weighted by atomic mass is 10.2. The van der Waals surface area contributed by atoms with E-state index in [4.69, 9.17) is 4.74 Å². The number of carbonyl (C=O) groups excluding carboxylic acids is 1. The standard InChI is InChI=1S/C15H16N4O2/c1-4-19-13-10(6-5-9-16-13)15(20)18(2)11-7-8-12(21-3)17-14(11)19/h5-9H,4H2,1-3H3. The average Bonchev–Trinajstić information content (AvgIpc) is 2.62. The smallest absolute Gasteiger partial charge is 0.261 e. The fourth-order valence-electron chi connectivity index (χ4n) is 2.47. The van der Waals surface area contributed by atoms with Crippen molar-refractivity contribution in [2.24, 2.45) is 0 Å². The van der Waals surface area contributed by atoms with Crippen LogP contribution in [0.1, 0.15) is 17.3 Å². The Morgan fingerprint density at radius 1 is 1.24 bits per heavy atom. The third-order valence-electron chi connectivity index (χ3n) is 3.55. The van der Waals surface area contributed by atoms with E-state index in [1.54, 1.807) is 43.5 Å². The lowest BCUT2D eigenvalue weighted by Crippen LogP contribution is -2.25. The molecule has 1 aliphatic rings. The zero-order valence-electron chi connectivity index (χ0n) is 12.2. The predicted octanol–water partition coefficient (Wildman–Crippen LogP) is 2.23. The highest BCUT2D eigenvalue weighted by Gasteiger charge is 2.30. The third kappa shape index (κ3) is 1.99. The van der Waals surface area contributed by atoms with Crippen molar-refractivity contribution in [2.45, 2.75) is 6.92 Å². The largest absolute Gasteiger partial charge is 0.481 e. The average molecular weight is 284 g/mol. The summed E-state index contributed by atoms with van der Waals surface area (Å²) >= 11 is 0. The Kier molecular flexibility index (Phi) is 3.21. The molecule has 3 rings (SSSR count). The van der Waals surface area contributed by atoms with Gasteiger partial charge in [-0.3, -0.25) is 4.79 Å². The van der Waals surface area contributed by atoms with E-state index in [9.17, 15) is 4.79 Å². The van der Waals surface area contributed by atoms with Gasteiger partial charge in [0.05, 0.1) is 18.4 Å². The Morgan fingerprint density at radius 2 is 2.05 bits per heavy atom. The second-order valence-electron chi connectivity index (χ2n) is 4.68. The van der Waals surface area contributed by atoms with Crippen LogP contribution >= 0.6 is 0 Å². The topological polar surface area (TPSA) is 58.6 Å². The number of aromatic nitrogens is 2. The summed E-state index contributed by atoms with van der Waals surface area (Å²) in [6, 6.07) is 7.14. The highest BCUT2D eigenvalue weighted by molar-refractivity contribution is 6.12. The number of hydrogen-bond acceptors (Lipinski definition) is 5. The van der Waals surface area contributed by atoms with Gasteiger partial charge in [-0.1, -0.05) is 0 Å². The number of carbonyl (C=O) groups is 1. The van der Waals surface area contributed by atoms with Crippen molar-refractivity contribution in [3.8, 4) is 5.88 Å². The number of pyridine rings is 2. The molecule has 1 aliphatic heterocycles. The normalized spacial score (nSPS) is 13.6. The van der Waals surface area contributed by atoms with Crippen LogP contribution < -0.4 is 14.5 Å². The molecule has 2 aromatic rings. The van der Waals surface area contributed by atoms with Crippen molar-refractivity contribution < 1.29 is 9.53 Å². The minimum Gasteiger partial charge on any atom is -0.481 e. The van der Waals surface area contributed by atoms with E-state index in [2.05, 4.69) is 9.97 Å². The minimum absolute atomic E-state index is 0.0951. The Hall–Kier alpha value is -2.63. The van der Waals surface area contributed by atoms with Crippen molar-refractivity contribution in [1.29, 1.82) is 0 Å². The molecule has 0 spiro atoms. The Balaban J connectivity index is 2.29. The Morgan fingerprint density at radius 3 is 2.76 bits per heavy atom. The van der Waals surface area contributed by atoms with Crippen LogP contribution in [0.3, 0.4) is 0 Å². The van der Waals surface area contributed by atoms with Crippen molar-refractivity contribution in [2.75, 3.05) is 30.5 Å². The van der Waals surface area contributed by atoms with E-state index >= 15 is 0 Å². The fraction of sp³-hybridized carbons (Fsp3) is 0.267. The molecule has 0 unspecified atom stereocenters. The van der Waals surface area contributed by atoms with Crippen molar-refractivity contribution >= 4 is 23.2 Å². The number of fused-ring (bicyclic) bond motifs is 2. The molecular weight excluding hydrogens is 268 g/mol.